The van der Waals surface area contributed by atoms with Crippen molar-refractivity contribution in [3.8, 4) is 0 Å². The molecule has 0 bridgehead atoms. The summed E-state index contributed by atoms with van der Waals surface area (Å²) in [6, 6.07) is 12.8. The second-order valence-electron chi connectivity index (χ2n) is 7.76. The highest BCUT2D eigenvalue weighted by Crippen LogP contribution is 2.33. The van der Waals surface area contributed by atoms with Crippen LogP contribution in [0.1, 0.15) is 37.6 Å². The monoisotopic (exact) mass is 331 g/mol. The largest absolute Gasteiger partial charge is 0.320 e. The van der Waals surface area contributed by atoms with Crippen LogP contribution in [0.15, 0.2) is 48.8 Å². The quantitative estimate of drug-likeness (QED) is 0.671. The summed E-state index contributed by atoms with van der Waals surface area (Å²) in [5.41, 5.74) is 5.55. The first-order valence-corrected chi connectivity index (χ1v) is 8.98. The van der Waals surface area contributed by atoms with Crippen molar-refractivity contribution >= 4 is 23.2 Å². The van der Waals surface area contributed by atoms with Gasteiger partial charge in [0.25, 0.3) is 0 Å². The van der Waals surface area contributed by atoms with Gasteiger partial charge >= 0.3 is 0 Å². The molecule has 0 unspecified atom stereocenters. The molecule has 0 saturated carbocycles. The van der Waals surface area contributed by atoms with E-state index in [2.05, 4.69) is 77.8 Å². The van der Waals surface area contributed by atoms with Gasteiger partial charge in [0.05, 0.1) is 5.52 Å². The van der Waals surface area contributed by atoms with Crippen LogP contribution in [0.4, 0.5) is 0 Å². The summed E-state index contributed by atoms with van der Waals surface area (Å²) >= 11 is 0. The van der Waals surface area contributed by atoms with Crippen molar-refractivity contribution in [3.63, 3.8) is 0 Å². The van der Waals surface area contributed by atoms with Crippen molar-refractivity contribution in [1.29, 1.82) is 0 Å². The second kappa shape index (κ2) is 6.16. The maximum Gasteiger partial charge on any atom is 0.0528 e. The lowest BCUT2D eigenvalue weighted by Crippen LogP contribution is -2.44. The molecule has 0 aliphatic carbocycles. The Labute approximate surface area is 149 Å². The third-order valence-corrected chi connectivity index (χ3v) is 5.14. The molecule has 0 radical (unpaired) electrons. The van der Waals surface area contributed by atoms with Gasteiger partial charge in [0.15, 0.2) is 0 Å². The summed E-state index contributed by atoms with van der Waals surface area (Å²) in [5, 5.41) is 1.38. The number of hydrogen-bond acceptors (Lipinski definition) is 2. The van der Waals surface area contributed by atoms with Gasteiger partial charge in [-0.1, -0.05) is 24.3 Å². The topological polar surface area (TPSA) is 21.1 Å². The Morgan fingerprint density at radius 2 is 1.92 bits per heavy atom. The van der Waals surface area contributed by atoms with Gasteiger partial charge in [-0.3, -0.25) is 9.88 Å². The molecule has 1 aromatic carbocycles. The highest BCUT2D eigenvalue weighted by molar-refractivity contribution is 5.88. The summed E-state index contributed by atoms with van der Waals surface area (Å²) < 4.78 is 2.37. The molecule has 1 aliphatic heterocycles. The predicted molar refractivity (Wildman–Crippen MR) is 105 cm³/mol. The van der Waals surface area contributed by atoms with E-state index in [1.807, 2.05) is 18.5 Å². The van der Waals surface area contributed by atoms with Crippen LogP contribution < -0.4 is 0 Å². The van der Waals surface area contributed by atoms with Crippen molar-refractivity contribution < 1.29 is 0 Å². The van der Waals surface area contributed by atoms with Crippen molar-refractivity contribution in [2.75, 3.05) is 6.54 Å². The molecular weight excluding hydrogens is 306 g/mol. The zero-order valence-corrected chi connectivity index (χ0v) is 15.2. The van der Waals surface area contributed by atoms with Gasteiger partial charge in [0, 0.05) is 54.7 Å². The Morgan fingerprint density at radius 3 is 2.68 bits per heavy atom. The molecule has 3 heterocycles. The first-order chi connectivity index (χ1) is 12.0. The van der Waals surface area contributed by atoms with Crippen molar-refractivity contribution in [2.24, 2.45) is 0 Å². The predicted octanol–water partition coefficient (Wildman–Crippen LogP) is 4.82. The van der Waals surface area contributed by atoms with E-state index in [9.17, 15) is 0 Å². The van der Waals surface area contributed by atoms with Crippen LogP contribution >= 0.6 is 0 Å². The number of pyridine rings is 1. The summed E-state index contributed by atoms with van der Waals surface area (Å²) in [6.45, 7) is 9.04. The number of para-hydroxylation sites is 1. The van der Waals surface area contributed by atoms with Crippen LogP contribution in [0.25, 0.3) is 23.2 Å². The zero-order chi connectivity index (χ0) is 17.4. The minimum absolute atomic E-state index is 0.201. The van der Waals surface area contributed by atoms with E-state index >= 15 is 0 Å². The summed E-state index contributed by atoms with van der Waals surface area (Å²) in [5.74, 6) is 0. The third-order valence-electron chi connectivity index (χ3n) is 5.14. The molecule has 4 rings (SSSR count). The fourth-order valence-corrected chi connectivity index (χ4v) is 3.72. The van der Waals surface area contributed by atoms with Crippen molar-refractivity contribution in [2.45, 2.75) is 39.3 Å². The zero-order valence-electron chi connectivity index (χ0n) is 15.2. The molecule has 0 amide bonds. The molecule has 0 N–H and O–H groups in total. The lowest BCUT2D eigenvalue weighted by atomic mass is 9.98. The molecule has 0 atom stereocenters. The van der Waals surface area contributed by atoms with Gasteiger partial charge in [-0.25, -0.2) is 0 Å². The SMILES string of the molecule is CC(C)(C)N1CCc2c(c3ccccc3n2/C=C\c2cccnc2)C1. The minimum Gasteiger partial charge on any atom is -0.320 e. The van der Waals surface area contributed by atoms with Gasteiger partial charge in [-0.05, 0) is 50.1 Å². The number of aromatic nitrogens is 2. The first-order valence-electron chi connectivity index (χ1n) is 8.98. The molecule has 3 heteroatoms. The second-order valence-corrected chi connectivity index (χ2v) is 7.76. The Hall–Kier alpha value is -2.39. The maximum absolute atomic E-state index is 4.20. The standard InChI is InChI=1S/C22H25N3/c1-22(2,3)24-13-11-21-19(16-24)18-8-4-5-9-20(18)25(21)14-10-17-7-6-12-23-15-17/h4-10,12,14-15H,11,13,16H2,1-3H3/b14-10-. The van der Waals surface area contributed by atoms with Gasteiger partial charge in [-0.15, -0.1) is 0 Å². The molecular formula is C22H25N3. The maximum atomic E-state index is 4.20. The first kappa shape index (κ1) is 16.1. The lowest BCUT2D eigenvalue weighted by molar-refractivity contribution is 0.120. The molecule has 25 heavy (non-hydrogen) atoms. The molecule has 0 fully saturated rings. The van der Waals surface area contributed by atoms with Gasteiger partial charge in [-0.2, -0.15) is 0 Å². The Kier molecular flexibility index (Phi) is 3.97. The van der Waals surface area contributed by atoms with Crippen LogP contribution in [0.2, 0.25) is 0 Å². The molecule has 128 valence electrons. The fraction of sp³-hybridized carbons (Fsp3) is 0.318. The number of rotatable bonds is 2. The van der Waals surface area contributed by atoms with Crippen LogP contribution in [-0.2, 0) is 13.0 Å². The Morgan fingerprint density at radius 1 is 1.08 bits per heavy atom. The number of fused-ring (bicyclic) bond motifs is 3. The lowest BCUT2D eigenvalue weighted by Gasteiger charge is -2.38. The van der Waals surface area contributed by atoms with E-state index in [1.54, 1.807) is 0 Å². The fourth-order valence-electron chi connectivity index (χ4n) is 3.72. The van der Waals surface area contributed by atoms with Crippen molar-refractivity contribution in [3.05, 3.63) is 65.6 Å². The van der Waals surface area contributed by atoms with Gasteiger partial charge in [0.2, 0.25) is 0 Å². The summed E-state index contributed by atoms with van der Waals surface area (Å²) in [4.78, 5) is 6.78. The minimum atomic E-state index is 0.201. The van der Waals surface area contributed by atoms with Crippen LogP contribution in [0.3, 0.4) is 0 Å². The van der Waals surface area contributed by atoms with Crippen LogP contribution in [-0.4, -0.2) is 26.5 Å². The normalized spacial score (nSPS) is 15.8. The number of benzene rings is 1. The molecule has 0 saturated heterocycles. The van der Waals surface area contributed by atoms with E-state index in [0.29, 0.717) is 0 Å². The van der Waals surface area contributed by atoms with E-state index in [1.165, 1.54) is 22.2 Å². The average molecular weight is 331 g/mol. The van der Waals surface area contributed by atoms with Crippen LogP contribution in [0, 0.1) is 0 Å². The molecule has 1 aliphatic rings. The highest BCUT2D eigenvalue weighted by Gasteiger charge is 2.29. The smallest absolute Gasteiger partial charge is 0.0528 e. The van der Waals surface area contributed by atoms with E-state index in [4.69, 9.17) is 0 Å². The molecule has 3 aromatic rings. The average Bonchev–Trinajstić information content (AvgIpc) is 2.93. The number of nitrogens with zero attached hydrogens (tertiary/aromatic N) is 3. The van der Waals surface area contributed by atoms with Gasteiger partial charge < -0.3 is 4.57 Å². The van der Waals surface area contributed by atoms with Crippen LogP contribution in [0.5, 0.6) is 0 Å². The van der Waals surface area contributed by atoms with E-state index < -0.39 is 0 Å². The number of hydrogen-bond donors (Lipinski definition) is 0. The summed E-state index contributed by atoms with van der Waals surface area (Å²) in [7, 11) is 0. The van der Waals surface area contributed by atoms with Gasteiger partial charge in [0.1, 0.15) is 0 Å². The van der Waals surface area contributed by atoms with E-state index in [0.717, 1.165) is 25.1 Å². The molecule has 0 spiro atoms. The third kappa shape index (κ3) is 3.00. The molecule has 3 nitrogen and oxygen atoms in total. The van der Waals surface area contributed by atoms with E-state index in [-0.39, 0.29) is 5.54 Å². The Balaban J connectivity index is 1.80. The Bertz CT molecular complexity index is 914. The summed E-state index contributed by atoms with van der Waals surface area (Å²) in [6.07, 6.45) is 9.14. The van der Waals surface area contributed by atoms with Crippen molar-refractivity contribution in [1.82, 2.24) is 14.5 Å². The molecule has 2 aromatic heterocycles. The highest BCUT2D eigenvalue weighted by atomic mass is 15.2.